The summed E-state index contributed by atoms with van der Waals surface area (Å²) in [6.45, 7) is 3.34. The molecule has 2 aliphatic heterocycles. The Labute approximate surface area is 252 Å². The van der Waals surface area contributed by atoms with E-state index >= 15 is 0 Å². The molecule has 10 heteroatoms. The van der Waals surface area contributed by atoms with Gasteiger partial charge in [-0.2, -0.15) is 0 Å². The summed E-state index contributed by atoms with van der Waals surface area (Å²) in [6.07, 6.45) is 9.12. The number of piperidine rings is 1. The minimum absolute atomic E-state index is 0.349. The highest BCUT2D eigenvalue weighted by Gasteiger charge is 2.26. The summed E-state index contributed by atoms with van der Waals surface area (Å²) in [7, 11) is 0. The van der Waals surface area contributed by atoms with Crippen molar-refractivity contribution in [1.82, 2.24) is 30.6 Å². The number of nitrogens with one attached hydrogen (secondary N) is 2. The first-order valence-electron chi connectivity index (χ1n) is 14.4. The molecule has 0 unspecified atom stereocenters. The van der Waals surface area contributed by atoms with Gasteiger partial charge in [0.15, 0.2) is 0 Å². The minimum atomic E-state index is -0.385. The number of fused-ring (bicyclic) bond motifs is 2. The number of para-hydroxylation sites is 1. The summed E-state index contributed by atoms with van der Waals surface area (Å²) in [6, 6.07) is 20.6. The van der Waals surface area contributed by atoms with Crippen molar-refractivity contribution in [2.24, 2.45) is 5.92 Å². The van der Waals surface area contributed by atoms with Crippen molar-refractivity contribution in [3.8, 4) is 11.3 Å². The maximum atomic E-state index is 11.9. The van der Waals surface area contributed by atoms with Gasteiger partial charge in [-0.15, -0.1) is 0 Å². The highest BCUT2D eigenvalue weighted by Crippen LogP contribution is 2.32. The standard InChI is InChI=1S/C33H29N7O2S/c41-31-29(43-33(42)39-31)17-25-8-13-36-32(37-25)40-14-10-21(11-15-40)18-35-20-24-16-22-4-1-2-7-28(22)38-30(24)27-6-3-5-23-19-34-12-9-26(23)27/h1-9,12-13,16-17,19,21,35H,10-11,14-15,18,20H2,(H,39,41,42)/b29-17-. The molecule has 7 rings (SSSR count). The highest BCUT2D eigenvalue weighted by molar-refractivity contribution is 8.18. The molecule has 5 heterocycles. The van der Waals surface area contributed by atoms with E-state index in [9.17, 15) is 9.59 Å². The third-order valence-electron chi connectivity index (χ3n) is 7.97. The molecule has 9 nitrogen and oxygen atoms in total. The molecule has 0 saturated carbocycles. The van der Waals surface area contributed by atoms with Gasteiger partial charge >= 0.3 is 0 Å². The van der Waals surface area contributed by atoms with Crippen molar-refractivity contribution in [2.75, 3.05) is 24.5 Å². The molecule has 0 spiro atoms. The zero-order valence-electron chi connectivity index (χ0n) is 23.4. The molecule has 2 aliphatic rings. The van der Waals surface area contributed by atoms with E-state index in [1.807, 2.05) is 18.5 Å². The van der Waals surface area contributed by atoms with Crippen molar-refractivity contribution in [1.29, 1.82) is 0 Å². The van der Waals surface area contributed by atoms with Gasteiger partial charge in [0.2, 0.25) is 5.95 Å². The van der Waals surface area contributed by atoms with Crippen molar-refractivity contribution in [3.63, 3.8) is 0 Å². The molecule has 0 bridgehead atoms. The Kier molecular flexibility index (Phi) is 7.53. The van der Waals surface area contributed by atoms with Crippen LogP contribution < -0.4 is 15.5 Å². The lowest BCUT2D eigenvalue weighted by atomic mass is 9.96. The number of imide groups is 1. The van der Waals surface area contributed by atoms with Crippen LogP contribution in [0.2, 0.25) is 0 Å². The van der Waals surface area contributed by atoms with E-state index in [1.54, 1.807) is 18.3 Å². The van der Waals surface area contributed by atoms with Crippen molar-refractivity contribution >= 4 is 56.6 Å². The molecular formula is C33H29N7O2S. The number of thioether (sulfide) groups is 1. The lowest BCUT2D eigenvalue weighted by molar-refractivity contribution is -0.115. The summed E-state index contributed by atoms with van der Waals surface area (Å²) < 4.78 is 0. The molecule has 2 amide bonds. The second kappa shape index (κ2) is 11.9. The highest BCUT2D eigenvalue weighted by atomic mass is 32.2. The molecule has 3 aromatic heterocycles. The Morgan fingerprint density at radius 2 is 1.84 bits per heavy atom. The van der Waals surface area contributed by atoms with Gasteiger partial charge in [0, 0.05) is 54.6 Å². The van der Waals surface area contributed by atoms with Gasteiger partial charge < -0.3 is 10.2 Å². The SMILES string of the molecule is O=C1NC(=O)/C(=C/c2ccnc(N3CCC(CNCc4cc5ccccc5nc4-c4cccc5cnccc45)CC3)n2)S1. The fraction of sp³-hybridized carbons (Fsp3) is 0.212. The van der Waals surface area contributed by atoms with Crippen LogP contribution in [-0.4, -0.2) is 50.7 Å². The predicted molar refractivity (Wildman–Crippen MR) is 170 cm³/mol. The molecule has 0 radical (unpaired) electrons. The summed E-state index contributed by atoms with van der Waals surface area (Å²) in [4.78, 5) is 44.4. The summed E-state index contributed by atoms with van der Waals surface area (Å²) in [5.74, 6) is 0.795. The minimum Gasteiger partial charge on any atom is -0.341 e. The normalized spacial score (nSPS) is 16.8. The number of aromatic nitrogens is 4. The summed E-state index contributed by atoms with van der Waals surface area (Å²) in [5, 5.41) is 9.03. The number of carbonyl (C=O) groups excluding carboxylic acids is 2. The van der Waals surface area contributed by atoms with Crippen LogP contribution >= 0.6 is 11.8 Å². The quantitative estimate of drug-likeness (QED) is 0.236. The average Bonchev–Trinajstić information content (AvgIpc) is 3.36. The van der Waals surface area contributed by atoms with Crippen LogP contribution in [0.15, 0.2) is 84.2 Å². The number of hydrogen-bond acceptors (Lipinski definition) is 9. The number of carbonyl (C=O) groups is 2. The number of benzene rings is 2. The smallest absolute Gasteiger partial charge is 0.290 e. The Morgan fingerprint density at radius 3 is 2.70 bits per heavy atom. The molecular weight excluding hydrogens is 558 g/mol. The van der Waals surface area contributed by atoms with E-state index in [1.165, 1.54) is 5.56 Å². The zero-order chi connectivity index (χ0) is 29.2. The monoisotopic (exact) mass is 587 g/mol. The van der Waals surface area contributed by atoms with Gasteiger partial charge in [-0.05, 0) is 78.4 Å². The number of nitrogens with zero attached hydrogens (tertiary/aromatic N) is 5. The maximum absolute atomic E-state index is 11.9. The number of hydrogen-bond donors (Lipinski definition) is 2. The first-order chi connectivity index (χ1) is 21.1. The molecule has 2 fully saturated rings. The largest absolute Gasteiger partial charge is 0.341 e. The van der Waals surface area contributed by atoms with Gasteiger partial charge in [-0.1, -0.05) is 36.4 Å². The fourth-order valence-electron chi connectivity index (χ4n) is 5.75. The van der Waals surface area contributed by atoms with Gasteiger partial charge in [-0.25, -0.2) is 15.0 Å². The maximum Gasteiger partial charge on any atom is 0.290 e. The van der Waals surface area contributed by atoms with Crippen LogP contribution in [0.1, 0.15) is 24.1 Å². The summed E-state index contributed by atoms with van der Waals surface area (Å²) in [5.41, 5.74) is 4.90. The molecule has 2 saturated heterocycles. The van der Waals surface area contributed by atoms with Crippen molar-refractivity contribution < 1.29 is 9.59 Å². The summed E-state index contributed by atoms with van der Waals surface area (Å²) >= 11 is 0.891. The predicted octanol–water partition coefficient (Wildman–Crippen LogP) is 5.57. The number of rotatable bonds is 7. The lowest BCUT2D eigenvalue weighted by Crippen LogP contribution is -2.38. The van der Waals surface area contributed by atoms with E-state index in [0.29, 0.717) is 22.5 Å². The lowest BCUT2D eigenvalue weighted by Gasteiger charge is -2.32. The first kappa shape index (κ1) is 27.2. The van der Waals surface area contributed by atoms with E-state index in [4.69, 9.17) is 4.98 Å². The Balaban J connectivity index is 1.02. The van der Waals surface area contributed by atoms with E-state index < -0.39 is 0 Å². The van der Waals surface area contributed by atoms with Gasteiger partial charge in [0.25, 0.3) is 11.1 Å². The second-order valence-electron chi connectivity index (χ2n) is 10.8. The molecule has 43 heavy (non-hydrogen) atoms. The van der Waals surface area contributed by atoms with Crippen LogP contribution in [0.3, 0.4) is 0 Å². The molecule has 0 atom stereocenters. The number of anilines is 1. The van der Waals surface area contributed by atoms with Crippen LogP contribution in [0, 0.1) is 5.92 Å². The molecule has 0 aliphatic carbocycles. The van der Waals surface area contributed by atoms with E-state index in [2.05, 4.69) is 79.0 Å². The van der Waals surface area contributed by atoms with Gasteiger partial charge in [-0.3, -0.25) is 19.9 Å². The van der Waals surface area contributed by atoms with E-state index in [0.717, 1.165) is 83.7 Å². The Bertz CT molecular complexity index is 1880. The van der Waals surface area contributed by atoms with Crippen molar-refractivity contribution in [3.05, 3.63) is 95.4 Å². The third-order valence-corrected chi connectivity index (χ3v) is 8.78. The van der Waals surface area contributed by atoms with Crippen LogP contribution in [0.25, 0.3) is 39.0 Å². The topological polar surface area (TPSA) is 113 Å². The number of amides is 2. The molecule has 214 valence electrons. The van der Waals surface area contributed by atoms with Crippen molar-refractivity contribution in [2.45, 2.75) is 19.4 Å². The van der Waals surface area contributed by atoms with Crippen LogP contribution in [0.5, 0.6) is 0 Å². The average molecular weight is 588 g/mol. The molecule has 5 aromatic rings. The Morgan fingerprint density at radius 1 is 0.977 bits per heavy atom. The second-order valence-corrected chi connectivity index (χ2v) is 11.8. The van der Waals surface area contributed by atoms with Gasteiger partial charge in [0.05, 0.1) is 21.8 Å². The van der Waals surface area contributed by atoms with Crippen LogP contribution in [0.4, 0.5) is 10.7 Å². The van der Waals surface area contributed by atoms with E-state index in [-0.39, 0.29) is 11.1 Å². The van der Waals surface area contributed by atoms with Gasteiger partial charge in [0.1, 0.15) is 0 Å². The zero-order valence-corrected chi connectivity index (χ0v) is 24.2. The fourth-order valence-corrected chi connectivity index (χ4v) is 6.42. The number of pyridine rings is 2. The Hall–Kier alpha value is -4.67. The third kappa shape index (κ3) is 5.84. The first-order valence-corrected chi connectivity index (χ1v) is 15.2. The molecule has 2 N–H and O–H groups in total. The van der Waals surface area contributed by atoms with Crippen LogP contribution in [-0.2, 0) is 11.3 Å². The molecule has 2 aromatic carbocycles.